The summed E-state index contributed by atoms with van der Waals surface area (Å²) in [7, 11) is 0. The van der Waals surface area contributed by atoms with Gasteiger partial charge in [-0.15, -0.1) is 11.8 Å². The molecule has 0 fully saturated rings. The standard InChI is InChI=1S/C42H55NO7S/c1-38(2,3)34(36(46)47)42(37(48)49,39(4,5)6)43-35(45)29(28-33(44)50-40(7,8)9)20-19-27-51-41(30-21-13-10-14-22-30,31-23-15-11-16-24-31)32-25-17-12-18-26-32/h10-18,21-26,29,34H,19-20,27-28H2,1-9H3,(H,43,45)(H,46,47)(H,48,49). The molecule has 0 spiro atoms. The number of amides is 1. The average Bonchev–Trinajstić information content (AvgIpc) is 3.03. The first-order valence-electron chi connectivity index (χ1n) is 17.5. The van der Waals surface area contributed by atoms with Gasteiger partial charge < -0.3 is 20.3 Å². The number of aliphatic carboxylic acids is 2. The van der Waals surface area contributed by atoms with Crippen molar-refractivity contribution in [1.82, 2.24) is 5.32 Å². The average molecular weight is 718 g/mol. The first-order valence-corrected chi connectivity index (χ1v) is 18.5. The molecular weight excluding hydrogens is 663 g/mol. The van der Waals surface area contributed by atoms with E-state index in [1.54, 1.807) is 74.1 Å². The third kappa shape index (κ3) is 9.82. The Kier molecular flexibility index (Phi) is 13.4. The van der Waals surface area contributed by atoms with Crippen molar-refractivity contribution in [2.45, 2.75) is 97.5 Å². The monoisotopic (exact) mass is 717 g/mol. The third-order valence-corrected chi connectivity index (χ3v) is 10.8. The van der Waals surface area contributed by atoms with Gasteiger partial charge in [-0.05, 0) is 66.9 Å². The zero-order valence-corrected chi connectivity index (χ0v) is 32.3. The second-order valence-electron chi connectivity index (χ2n) is 16.2. The fraction of sp³-hybridized carbons (Fsp3) is 0.476. The quantitative estimate of drug-likeness (QED) is 0.0810. The number of carbonyl (C=O) groups is 4. The van der Waals surface area contributed by atoms with Crippen molar-refractivity contribution in [3.8, 4) is 0 Å². The van der Waals surface area contributed by atoms with Gasteiger partial charge >= 0.3 is 17.9 Å². The molecule has 1 amide bonds. The number of esters is 1. The molecule has 3 aromatic carbocycles. The highest BCUT2D eigenvalue weighted by Crippen LogP contribution is 2.49. The zero-order valence-electron chi connectivity index (χ0n) is 31.5. The van der Waals surface area contributed by atoms with E-state index in [0.29, 0.717) is 12.2 Å². The fourth-order valence-corrected chi connectivity index (χ4v) is 8.45. The van der Waals surface area contributed by atoms with Crippen LogP contribution in [-0.2, 0) is 28.7 Å². The Morgan fingerprint density at radius 1 is 0.706 bits per heavy atom. The molecule has 0 aliphatic heterocycles. The van der Waals surface area contributed by atoms with Crippen molar-refractivity contribution >= 4 is 35.6 Å². The Morgan fingerprint density at radius 2 is 1.14 bits per heavy atom. The van der Waals surface area contributed by atoms with Gasteiger partial charge in [-0.2, -0.15) is 0 Å². The number of carbonyl (C=O) groups excluding carboxylic acids is 2. The fourth-order valence-electron chi connectivity index (χ4n) is 6.93. The van der Waals surface area contributed by atoms with Crippen LogP contribution in [0.4, 0.5) is 0 Å². The van der Waals surface area contributed by atoms with E-state index in [1.165, 1.54) is 0 Å². The molecule has 0 bridgehead atoms. The van der Waals surface area contributed by atoms with Crippen molar-refractivity contribution in [3.63, 3.8) is 0 Å². The van der Waals surface area contributed by atoms with Crippen LogP contribution in [0.15, 0.2) is 91.0 Å². The van der Waals surface area contributed by atoms with Crippen LogP contribution >= 0.6 is 11.8 Å². The SMILES string of the molecule is CC(C)(C)OC(=O)CC(CCCSC(c1ccccc1)(c1ccccc1)c1ccccc1)C(=O)NC(C(=O)O)(C(C(=O)O)C(C)(C)C)C(C)(C)C. The van der Waals surface area contributed by atoms with Gasteiger partial charge in [-0.25, -0.2) is 4.79 Å². The summed E-state index contributed by atoms with van der Waals surface area (Å²) in [6.45, 7) is 15.0. The van der Waals surface area contributed by atoms with Crippen LogP contribution in [0.5, 0.6) is 0 Å². The molecule has 3 N–H and O–H groups in total. The number of carboxylic acids is 2. The maximum atomic E-state index is 14.3. The molecule has 8 nitrogen and oxygen atoms in total. The predicted molar refractivity (Wildman–Crippen MR) is 203 cm³/mol. The molecule has 9 heteroatoms. The molecule has 0 aromatic heterocycles. The minimum atomic E-state index is -2.20. The second kappa shape index (κ2) is 16.5. The maximum absolute atomic E-state index is 14.3. The minimum absolute atomic E-state index is 0.236. The van der Waals surface area contributed by atoms with E-state index in [0.717, 1.165) is 16.7 Å². The van der Waals surface area contributed by atoms with Crippen molar-refractivity contribution < 1.29 is 34.1 Å². The van der Waals surface area contributed by atoms with E-state index in [4.69, 9.17) is 4.74 Å². The Hall–Kier alpha value is -4.11. The maximum Gasteiger partial charge on any atom is 0.330 e. The summed E-state index contributed by atoms with van der Waals surface area (Å²) < 4.78 is 5.02. The number of thioether (sulfide) groups is 1. The molecule has 3 aromatic rings. The van der Waals surface area contributed by atoms with Gasteiger partial charge in [0.15, 0.2) is 5.54 Å². The lowest BCUT2D eigenvalue weighted by molar-refractivity contribution is -0.173. The summed E-state index contributed by atoms with van der Waals surface area (Å²) in [5.74, 6) is -5.96. The van der Waals surface area contributed by atoms with Gasteiger partial charge in [0.25, 0.3) is 0 Å². The summed E-state index contributed by atoms with van der Waals surface area (Å²) in [6, 6.07) is 30.7. The van der Waals surface area contributed by atoms with Crippen LogP contribution in [-0.4, -0.2) is 50.9 Å². The van der Waals surface area contributed by atoms with Crippen molar-refractivity contribution in [3.05, 3.63) is 108 Å². The molecule has 3 unspecified atom stereocenters. The van der Waals surface area contributed by atoms with Gasteiger partial charge in [-0.1, -0.05) is 133 Å². The molecule has 0 radical (unpaired) electrons. The number of benzene rings is 3. The van der Waals surface area contributed by atoms with E-state index in [1.807, 2.05) is 54.6 Å². The summed E-state index contributed by atoms with van der Waals surface area (Å²) in [6.07, 6.45) is 0.443. The Balaban J connectivity index is 2.03. The summed E-state index contributed by atoms with van der Waals surface area (Å²) >= 11 is 1.73. The van der Waals surface area contributed by atoms with E-state index in [2.05, 4.69) is 41.7 Å². The molecular formula is C42H55NO7S. The Morgan fingerprint density at radius 3 is 1.47 bits per heavy atom. The summed E-state index contributed by atoms with van der Waals surface area (Å²) in [5, 5.41) is 23.9. The van der Waals surface area contributed by atoms with Gasteiger partial charge in [0.2, 0.25) is 5.91 Å². The number of hydrogen-bond acceptors (Lipinski definition) is 6. The molecule has 3 rings (SSSR count). The number of nitrogens with one attached hydrogen (secondary N) is 1. The van der Waals surface area contributed by atoms with E-state index >= 15 is 0 Å². The topological polar surface area (TPSA) is 130 Å². The first-order chi connectivity index (χ1) is 23.7. The number of ether oxygens (including phenoxy) is 1. The second-order valence-corrected chi connectivity index (χ2v) is 17.6. The zero-order chi connectivity index (χ0) is 38.3. The van der Waals surface area contributed by atoms with E-state index in [-0.39, 0.29) is 12.8 Å². The third-order valence-electron chi connectivity index (χ3n) is 9.15. The van der Waals surface area contributed by atoms with Crippen LogP contribution < -0.4 is 5.32 Å². The minimum Gasteiger partial charge on any atom is -0.481 e. The highest BCUT2D eigenvalue weighted by molar-refractivity contribution is 8.00. The Labute approximate surface area is 307 Å². The molecule has 276 valence electrons. The molecule has 3 atom stereocenters. The number of hydrogen-bond donors (Lipinski definition) is 3. The molecule has 0 saturated carbocycles. The lowest BCUT2D eigenvalue weighted by Gasteiger charge is -2.49. The number of rotatable bonds is 15. The van der Waals surface area contributed by atoms with Crippen molar-refractivity contribution in [1.29, 1.82) is 0 Å². The normalized spacial score (nSPS) is 14.8. The van der Waals surface area contributed by atoms with Crippen LogP contribution in [0.25, 0.3) is 0 Å². The summed E-state index contributed by atoms with van der Waals surface area (Å²) in [5.41, 5.74) is -1.99. The van der Waals surface area contributed by atoms with Crippen LogP contribution in [0, 0.1) is 22.7 Å². The smallest absolute Gasteiger partial charge is 0.330 e. The highest BCUT2D eigenvalue weighted by atomic mass is 32.2. The highest BCUT2D eigenvalue weighted by Gasteiger charge is 2.62. The lowest BCUT2D eigenvalue weighted by atomic mass is 9.58. The van der Waals surface area contributed by atoms with Crippen molar-refractivity contribution in [2.24, 2.45) is 22.7 Å². The molecule has 0 aliphatic rings. The first kappa shape index (κ1) is 41.3. The van der Waals surface area contributed by atoms with E-state index in [9.17, 15) is 29.4 Å². The van der Waals surface area contributed by atoms with Crippen molar-refractivity contribution in [2.75, 3.05) is 5.75 Å². The lowest BCUT2D eigenvalue weighted by Crippen LogP contribution is -2.71. The van der Waals surface area contributed by atoms with Gasteiger partial charge in [-0.3, -0.25) is 14.4 Å². The molecule has 0 aliphatic carbocycles. The van der Waals surface area contributed by atoms with Gasteiger partial charge in [0.1, 0.15) is 5.60 Å². The summed E-state index contributed by atoms with van der Waals surface area (Å²) in [4.78, 5) is 53.6. The largest absolute Gasteiger partial charge is 0.481 e. The predicted octanol–water partition coefficient (Wildman–Crippen LogP) is 8.57. The number of carboxylic acid groups (broad SMARTS) is 2. The molecule has 0 saturated heterocycles. The van der Waals surface area contributed by atoms with Gasteiger partial charge in [0, 0.05) is 5.92 Å². The van der Waals surface area contributed by atoms with Crippen LogP contribution in [0.2, 0.25) is 0 Å². The van der Waals surface area contributed by atoms with Crippen LogP contribution in [0.3, 0.4) is 0 Å². The van der Waals surface area contributed by atoms with E-state index < -0.39 is 62.4 Å². The molecule has 0 heterocycles. The van der Waals surface area contributed by atoms with Gasteiger partial charge in [0.05, 0.1) is 17.1 Å². The molecule has 51 heavy (non-hydrogen) atoms. The Bertz CT molecular complexity index is 1530. The van der Waals surface area contributed by atoms with Crippen LogP contribution in [0.1, 0.15) is 98.3 Å².